The van der Waals surface area contributed by atoms with E-state index in [0.717, 1.165) is 9.93 Å². The van der Waals surface area contributed by atoms with Gasteiger partial charge in [0.2, 0.25) is 0 Å². The van der Waals surface area contributed by atoms with E-state index >= 15 is 0 Å². The Kier molecular flexibility index (Phi) is 9.78. The maximum Gasteiger partial charge on any atom is 0.148 e. The van der Waals surface area contributed by atoms with Crippen molar-refractivity contribution in [3.8, 4) is 0 Å². The van der Waals surface area contributed by atoms with Crippen LogP contribution in [0.25, 0.3) is 0 Å². The topological polar surface area (TPSA) is 30.7 Å². The molecule has 1 rings (SSSR count). The van der Waals surface area contributed by atoms with Gasteiger partial charge in [-0.1, -0.05) is 66.6 Å². The fourth-order valence-electron chi connectivity index (χ4n) is 2.30. The highest BCUT2D eigenvalue weighted by molar-refractivity contribution is 9.10. The first-order valence-corrected chi connectivity index (χ1v) is 9.32. The van der Waals surface area contributed by atoms with Crippen molar-refractivity contribution in [1.82, 2.24) is 15.0 Å². The van der Waals surface area contributed by atoms with Crippen molar-refractivity contribution < 1.29 is 0 Å². The quantitative estimate of drug-likeness (QED) is 0.366. The van der Waals surface area contributed by atoms with Crippen molar-refractivity contribution in [3.05, 3.63) is 10.8 Å². The molecule has 0 spiro atoms. The normalized spacial score (nSPS) is 12.8. The molecule has 5 heteroatoms. The Morgan fingerprint density at radius 3 is 2.32 bits per heavy atom. The number of rotatable bonds is 11. The van der Waals surface area contributed by atoms with E-state index in [4.69, 9.17) is 0 Å². The van der Waals surface area contributed by atoms with Crippen molar-refractivity contribution >= 4 is 31.9 Å². The van der Waals surface area contributed by atoms with E-state index in [9.17, 15) is 0 Å². The second kappa shape index (κ2) is 10.8. The van der Waals surface area contributed by atoms with Crippen LogP contribution in [0.2, 0.25) is 0 Å². The van der Waals surface area contributed by atoms with E-state index in [-0.39, 0.29) is 0 Å². The van der Waals surface area contributed by atoms with Crippen LogP contribution in [-0.2, 0) is 0 Å². The Morgan fingerprint density at radius 2 is 1.79 bits per heavy atom. The van der Waals surface area contributed by atoms with Crippen molar-refractivity contribution in [1.29, 1.82) is 0 Å². The number of aromatic nitrogens is 3. The summed E-state index contributed by atoms with van der Waals surface area (Å²) in [5.74, 6) is 0. The summed E-state index contributed by atoms with van der Waals surface area (Å²) in [5.41, 5.74) is 0. The molecule has 1 aromatic heterocycles. The summed E-state index contributed by atoms with van der Waals surface area (Å²) in [5, 5.41) is 9.39. The first-order valence-electron chi connectivity index (χ1n) is 7.41. The number of unbranched alkanes of at least 4 members (excludes halogenated alkanes) is 5. The second-order valence-corrected chi connectivity index (χ2v) is 6.67. The molecular weight excluding hydrogens is 370 g/mol. The van der Waals surface area contributed by atoms with E-state index in [1.54, 1.807) is 0 Å². The molecule has 110 valence electrons. The van der Waals surface area contributed by atoms with Crippen LogP contribution in [0.15, 0.2) is 10.8 Å². The maximum absolute atomic E-state index is 4.22. The Balaban J connectivity index is 2.38. The highest BCUT2D eigenvalue weighted by atomic mass is 79.9. The molecule has 0 radical (unpaired) electrons. The van der Waals surface area contributed by atoms with Gasteiger partial charge in [0.05, 0.1) is 12.2 Å². The molecule has 0 aliphatic heterocycles. The summed E-state index contributed by atoms with van der Waals surface area (Å²) >= 11 is 6.88. The third-order valence-electron chi connectivity index (χ3n) is 3.42. The maximum atomic E-state index is 4.22. The zero-order valence-electron chi connectivity index (χ0n) is 11.8. The standard InChI is InChI=1S/C14H25Br2N3/c1-2-3-4-6-9-13(10-7-5-8-11-15)19-12-14(16)17-18-19/h12-13H,2-11H2,1H3. The molecule has 0 saturated heterocycles. The first kappa shape index (κ1) is 17.2. The number of nitrogens with zero attached hydrogens (tertiary/aromatic N) is 3. The van der Waals surface area contributed by atoms with E-state index in [1.165, 1.54) is 57.8 Å². The molecule has 3 nitrogen and oxygen atoms in total. The number of hydrogen-bond acceptors (Lipinski definition) is 2. The average Bonchev–Trinajstić information content (AvgIpc) is 2.83. The highest BCUT2D eigenvalue weighted by Crippen LogP contribution is 2.23. The molecule has 0 aliphatic carbocycles. The average molecular weight is 395 g/mol. The molecule has 1 atom stereocenters. The molecule has 1 aromatic rings. The SMILES string of the molecule is CCCCCCC(CCCCCBr)n1cc(Br)nn1. The molecular formula is C14H25Br2N3. The Bertz CT molecular complexity index is 316. The van der Waals surface area contributed by atoms with Crippen LogP contribution in [-0.4, -0.2) is 20.3 Å². The van der Waals surface area contributed by atoms with Gasteiger partial charge in [0, 0.05) is 5.33 Å². The lowest BCUT2D eigenvalue weighted by Gasteiger charge is -2.16. The summed E-state index contributed by atoms with van der Waals surface area (Å²) in [6.07, 6.45) is 13.6. The van der Waals surface area contributed by atoms with E-state index in [0.29, 0.717) is 6.04 Å². The van der Waals surface area contributed by atoms with Crippen LogP contribution >= 0.6 is 31.9 Å². The Labute approximate surface area is 133 Å². The smallest absolute Gasteiger partial charge is 0.148 e. The van der Waals surface area contributed by atoms with Gasteiger partial charge in [-0.25, -0.2) is 4.68 Å². The molecule has 0 bridgehead atoms. The Morgan fingerprint density at radius 1 is 1.11 bits per heavy atom. The third kappa shape index (κ3) is 7.45. The third-order valence-corrected chi connectivity index (χ3v) is 4.34. The molecule has 0 fully saturated rings. The van der Waals surface area contributed by atoms with Gasteiger partial charge in [0.1, 0.15) is 4.60 Å². The van der Waals surface area contributed by atoms with Crippen molar-refractivity contribution in [2.45, 2.75) is 70.8 Å². The Hall–Kier alpha value is 0.1000. The summed E-state index contributed by atoms with van der Waals surface area (Å²) in [6, 6.07) is 0.519. The van der Waals surface area contributed by atoms with Crippen LogP contribution < -0.4 is 0 Å². The lowest BCUT2D eigenvalue weighted by molar-refractivity contribution is 0.363. The van der Waals surface area contributed by atoms with E-state index in [2.05, 4.69) is 49.1 Å². The van der Waals surface area contributed by atoms with Gasteiger partial charge in [-0.2, -0.15) is 0 Å². The van der Waals surface area contributed by atoms with Gasteiger partial charge in [-0.15, -0.1) is 5.10 Å². The van der Waals surface area contributed by atoms with Crippen molar-refractivity contribution in [2.75, 3.05) is 5.33 Å². The molecule has 19 heavy (non-hydrogen) atoms. The van der Waals surface area contributed by atoms with E-state index < -0.39 is 0 Å². The summed E-state index contributed by atoms with van der Waals surface area (Å²) < 4.78 is 2.89. The highest BCUT2D eigenvalue weighted by Gasteiger charge is 2.12. The van der Waals surface area contributed by atoms with Crippen molar-refractivity contribution in [3.63, 3.8) is 0 Å². The lowest BCUT2D eigenvalue weighted by atomic mass is 10.0. The second-order valence-electron chi connectivity index (χ2n) is 5.06. The molecule has 0 aromatic carbocycles. The zero-order chi connectivity index (χ0) is 13.9. The first-order chi connectivity index (χ1) is 9.27. The summed E-state index contributed by atoms with van der Waals surface area (Å²) in [6.45, 7) is 2.26. The largest absolute Gasteiger partial charge is 0.248 e. The van der Waals surface area contributed by atoms with Crippen LogP contribution in [0.4, 0.5) is 0 Å². The van der Waals surface area contributed by atoms with Crippen molar-refractivity contribution in [2.24, 2.45) is 0 Å². The monoisotopic (exact) mass is 393 g/mol. The van der Waals surface area contributed by atoms with Gasteiger partial charge in [-0.3, -0.25) is 0 Å². The fraction of sp³-hybridized carbons (Fsp3) is 0.857. The lowest BCUT2D eigenvalue weighted by Crippen LogP contribution is -2.10. The molecule has 0 saturated carbocycles. The molecule has 0 N–H and O–H groups in total. The van der Waals surface area contributed by atoms with Gasteiger partial charge >= 0.3 is 0 Å². The van der Waals surface area contributed by atoms with Gasteiger partial charge in [0.25, 0.3) is 0 Å². The number of hydrogen-bond donors (Lipinski definition) is 0. The minimum atomic E-state index is 0.519. The van der Waals surface area contributed by atoms with Gasteiger partial charge in [-0.05, 0) is 35.2 Å². The molecule has 0 aliphatic rings. The zero-order valence-corrected chi connectivity index (χ0v) is 15.0. The summed E-state index contributed by atoms with van der Waals surface area (Å²) in [7, 11) is 0. The van der Waals surface area contributed by atoms with Crippen LogP contribution in [0.3, 0.4) is 0 Å². The summed E-state index contributed by atoms with van der Waals surface area (Å²) in [4.78, 5) is 0. The molecule has 0 amide bonds. The number of halogens is 2. The predicted octanol–water partition coefficient (Wildman–Crippen LogP) is 5.51. The van der Waals surface area contributed by atoms with Crippen LogP contribution in [0, 0.1) is 0 Å². The minimum Gasteiger partial charge on any atom is -0.248 e. The minimum absolute atomic E-state index is 0.519. The van der Waals surface area contributed by atoms with Crippen LogP contribution in [0.5, 0.6) is 0 Å². The van der Waals surface area contributed by atoms with Gasteiger partial charge in [0.15, 0.2) is 0 Å². The van der Waals surface area contributed by atoms with E-state index in [1.807, 2.05) is 10.9 Å². The fourth-order valence-corrected chi connectivity index (χ4v) is 2.98. The molecule has 1 heterocycles. The van der Waals surface area contributed by atoms with Gasteiger partial charge < -0.3 is 0 Å². The predicted molar refractivity (Wildman–Crippen MR) is 87.8 cm³/mol. The number of alkyl halides is 1. The van der Waals surface area contributed by atoms with Crippen LogP contribution in [0.1, 0.15) is 70.8 Å². The molecule has 1 unspecified atom stereocenters.